The van der Waals surface area contributed by atoms with Crippen LogP contribution in [0.15, 0.2) is 78.9 Å². The fraction of sp³-hybridized carbons (Fsp3) is 0.130. The van der Waals surface area contributed by atoms with Gasteiger partial charge in [-0.15, -0.1) is 0 Å². The van der Waals surface area contributed by atoms with E-state index in [0.717, 1.165) is 28.1 Å². The Morgan fingerprint density at radius 1 is 0.964 bits per heavy atom. The summed E-state index contributed by atoms with van der Waals surface area (Å²) in [5.74, 6) is 1.07. The molecule has 0 bridgehead atoms. The van der Waals surface area contributed by atoms with Crippen LogP contribution in [0.1, 0.15) is 28.9 Å². The lowest BCUT2D eigenvalue weighted by Gasteiger charge is -2.33. The highest BCUT2D eigenvalue weighted by molar-refractivity contribution is 6.30. The summed E-state index contributed by atoms with van der Waals surface area (Å²) in [6.45, 7) is 0. The second-order valence-electron chi connectivity index (χ2n) is 6.64. The van der Waals surface area contributed by atoms with Crippen molar-refractivity contribution in [1.82, 2.24) is 10.6 Å². The smallest absolute Gasteiger partial charge is 0.120 e. The summed E-state index contributed by atoms with van der Waals surface area (Å²) in [6, 6.07) is 22.9. The van der Waals surface area contributed by atoms with Gasteiger partial charge in [0.1, 0.15) is 17.7 Å². The van der Waals surface area contributed by atoms with Crippen LogP contribution in [0.2, 0.25) is 5.02 Å². The predicted octanol–water partition coefficient (Wildman–Crippen LogP) is 5.03. The van der Waals surface area contributed by atoms with Crippen molar-refractivity contribution in [3.05, 3.63) is 101 Å². The molecule has 5 heteroatoms. The third-order valence-electron chi connectivity index (χ3n) is 4.83. The lowest BCUT2D eigenvalue weighted by molar-refractivity contribution is 0.414. The molecule has 3 N–H and O–H groups in total. The Morgan fingerprint density at radius 2 is 1.75 bits per heavy atom. The first-order valence-electron chi connectivity index (χ1n) is 9.06. The molecule has 3 aromatic rings. The van der Waals surface area contributed by atoms with Crippen LogP contribution in [0.5, 0.6) is 11.5 Å². The van der Waals surface area contributed by atoms with E-state index < -0.39 is 0 Å². The minimum Gasteiger partial charge on any atom is -0.508 e. The minimum absolute atomic E-state index is 0.162. The van der Waals surface area contributed by atoms with Crippen molar-refractivity contribution in [2.45, 2.75) is 12.2 Å². The minimum atomic E-state index is -0.163. The number of aromatic hydroxyl groups is 1. The van der Waals surface area contributed by atoms with Crippen LogP contribution in [0.4, 0.5) is 0 Å². The van der Waals surface area contributed by atoms with Crippen LogP contribution in [0.25, 0.3) is 5.70 Å². The molecule has 4 nitrogen and oxygen atoms in total. The molecule has 142 valence electrons. The normalized spacial score (nSPS) is 18.9. The summed E-state index contributed by atoms with van der Waals surface area (Å²) in [4.78, 5) is 0. The van der Waals surface area contributed by atoms with Crippen LogP contribution in [-0.2, 0) is 0 Å². The van der Waals surface area contributed by atoms with Gasteiger partial charge in [0.25, 0.3) is 0 Å². The molecule has 0 spiro atoms. The van der Waals surface area contributed by atoms with Gasteiger partial charge in [0, 0.05) is 16.3 Å². The largest absolute Gasteiger partial charge is 0.508 e. The fourth-order valence-electron chi connectivity index (χ4n) is 3.39. The van der Waals surface area contributed by atoms with E-state index in [2.05, 4.69) is 16.7 Å². The number of rotatable bonds is 4. The van der Waals surface area contributed by atoms with E-state index in [-0.39, 0.29) is 18.0 Å². The highest BCUT2D eigenvalue weighted by Gasteiger charge is 2.25. The zero-order valence-corrected chi connectivity index (χ0v) is 16.1. The number of phenols is 1. The molecule has 1 aliphatic rings. The first-order valence-corrected chi connectivity index (χ1v) is 9.44. The summed E-state index contributed by atoms with van der Waals surface area (Å²) in [5, 5.41) is 18.1. The molecule has 0 fully saturated rings. The maximum Gasteiger partial charge on any atom is 0.120 e. The quantitative estimate of drug-likeness (QED) is 0.583. The SMILES string of the molecule is COc1ccc(C2=CC(c3ccccc3O)NC(c3cccc(Cl)c3)N2)cc1. The number of nitrogens with one attached hydrogen (secondary N) is 2. The monoisotopic (exact) mass is 392 g/mol. The highest BCUT2D eigenvalue weighted by Crippen LogP contribution is 2.33. The van der Waals surface area contributed by atoms with Gasteiger partial charge in [-0.05, 0) is 59.7 Å². The molecule has 2 unspecified atom stereocenters. The van der Waals surface area contributed by atoms with E-state index in [1.807, 2.05) is 66.7 Å². The molecule has 1 heterocycles. The molecular weight excluding hydrogens is 372 g/mol. The van der Waals surface area contributed by atoms with E-state index in [4.69, 9.17) is 16.3 Å². The van der Waals surface area contributed by atoms with Crippen molar-refractivity contribution in [3.8, 4) is 11.5 Å². The number of para-hydroxylation sites is 1. The first kappa shape index (κ1) is 18.4. The van der Waals surface area contributed by atoms with Gasteiger partial charge in [-0.1, -0.05) is 41.9 Å². The first-order chi connectivity index (χ1) is 13.6. The summed E-state index contributed by atoms with van der Waals surface area (Å²) >= 11 is 6.21. The van der Waals surface area contributed by atoms with Gasteiger partial charge in [0.05, 0.1) is 13.2 Å². The van der Waals surface area contributed by atoms with Gasteiger partial charge in [0.2, 0.25) is 0 Å². The van der Waals surface area contributed by atoms with Gasteiger partial charge in [0.15, 0.2) is 0 Å². The van der Waals surface area contributed by atoms with Gasteiger partial charge < -0.3 is 15.2 Å². The average molecular weight is 393 g/mol. The van der Waals surface area contributed by atoms with Crippen molar-refractivity contribution < 1.29 is 9.84 Å². The Kier molecular flexibility index (Phi) is 5.24. The van der Waals surface area contributed by atoms with E-state index in [1.165, 1.54) is 0 Å². The molecule has 0 aromatic heterocycles. The number of hydrogen-bond acceptors (Lipinski definition) is 4. The van der Waals surface area contributed by atoms with E-state index >= 15 is 0 Å². The van der Waals surface area contributed by atoms with Gasteiger partial charge in [-0.2, -0.15) is 0 Å². The molecule has 3 aromatic carbocycles. The number of ether oxygens (including phenoxy) is 1. The van der Waals surface area contributed by atoms with Crippen molar-refractivity contribution in [2.24, 2.45) is 0 Å². The second kappa shape index (κ2) is 7.97. The Bertz CT molecular complexity index is 1000. The summed E-state index contributed by atoms with van der Waals surface area (Å²) < 4.78 is 5.27. The molecule has 0 amide bonds. The molecule has 4 rings (SSSR count). The molecule has 2 atom stereocenters. The standard InChI is InChI=1S/C23H21ClN2O2/c1-28-18-11-9-15(10-12-18)20-14-21(19-7-2-3-8-22(19)27)26-23(25-20)16-5-4-6-17(24)13-16/h2-14,21,23,25-27H,1H3. The Hall–Kier alpha value is -2.95. The molecule has 0 radical (unpaired) electrons. The fourth-order valence-corrected chi connectivity index (χ4v) is 3.58. The Labute approximate surface area is 169 Å². The Balaban J connectivity index is 1.75. The highest BCUT2D eigenvalue weighted by atomic mass is 35.5. The average Bonchev–Trinajstić information content (AvgIpc) is 2.74. The maximum atomic E-state index is 10.4. The molecule has 0 saturated carbocycles. The van der Waals surface area contributed by atoms with E-state index in [1.54, 1.807) is 13.2 Å². The number of phenolic OH excluding ortho intramolecular Hbond substituents is 1. The van der Waals surface area contributed by atoms with Crippen molar-refractivity contribution in [1.29, 1.82) is 0 Å². The van der Waals surface area contributed by atoms with Crippen molar-refractivity contribution in [3.63, 3.8) is 0 Å². The zero-order chi connectivity index (χ0) is 19.5. The molecule has 1 aliphatic heterocycles. The van der Waals surface area contributed by atoms with Crippen LogP contribution in [0, 0.1) is 0 Å². The number of methoxy groups -OCH3 is 1. The Morgan fingerprint density at radius 3 is 2.46 bits per heavy atom. The zero-order valence-electron chi connectivity index (χ0n) is 15.4. The summed E-state index contributed by atoms with van der Waals surface area (Å²) in [5.41, 5.74) is 3.85. The third-order valence-corrected chi connectivity index (χ3v) is 5.07. The second-order valence-corrected chi connectivity index (χ2v) is 7.08. The van der Waals surface area contributed by atoms with Crippen LogP contribution >= 0.6 is 11.6 Å². The number of hydrogen-bond donors (Lipinski definition) is 3. The lowest BCUT2D eigenvalue weighted by atomic mass is 9.98. The van der Waals surface area contributed by atoms with Gasteiger partial charge in [-0.3, -0.25) is 5.32 Å². The molecule has 0 saturated heterocycles. The van der Waals surface area contributed by atoms with Crippen LogP contribution in [-0.4, -0.2) is 12.2 Å². The number of halogens is 1. The van der Waals surface area contributed by atoms with Crippen LogP contribution in [0.3, 0.4) is 0 Å². The third kappa shape index (κ3) is 3.84. The topological polar surface area (TPSA) is 53.5 Å². The van der Waals surface area contributed by atoms with E-state index in [9.17, 15) is 5.11 Å². The van der Waals surface area contributed by atoms with Crippen LogP contribution < -0.4 is 15.4 Å². The van der Waals surface area contributed by atoms with Gasteiger partial charge in [-0.25, -0.2) is 0 Å². The molecule has 28 heavy (non-hydrogen) atoms. The van der Waals surface area contributed by atoms with Gasteiger partial charge >= 0.3 is 0 Å². The molecular formula is C23H21ClN2O2. The maximum absolute atomic E-state index is 10.4. The summed E-state index contributed by atoms with van der Waals surface area (Å²) in [7, 11) is 1.65. The summed E-state index contributed by atoms with van der Waals surface area (Å²) in [6.07, 6.45) is 1.92. The van der Waals surface area contributed by atoms with Crippen molar-refractivity contribution >= 4 is 17.3 Å². The molecule has 0 aliphatic carbocycles. The lowest BCUT2D eigenvalue weighted by Crippen LogP contribution is -2.39. The number of benzene rings is 3. The van der Waals surface area contributed by atoms with E-state index in [0.29, 0.717) is 5.02 Å². The van der Waals surface area contributed by atoms with Crippen molar-refractivity contribution in [2.75, 3.05) is 7.11 Å². The predicted molar refractivity (Wildman–Crippen MR) is 112 cm³/mol.